The molecule has 4 heterocycles. The summed E-state index contributed by atoms with van der Waals surface area (Å²) >= 11 is 0. The van der Waals surface area contributed by atoms with Crippen molar-refractivity contribution in [2.24, 2.45) is 11.8 Å². The summed E-state index contributed by atoms with van der Waals surface area (Å²) in [6.45, 7) is -0.282. The second-order valence-corrected chi connectivity index (χ2v) is 10.2. The molecule has 174 valence electrons. The van der Waals surface area contributed by atoms with Crippen molar-refractivity contribution in [1.82, 2.24) is 25.2 Å². The number of alkyl halides is 2. The SMILES string of the molecule is O=C(Nc1cc2cc(-c3cnccn3)ccc2cn1)N1C23CC(NCC(F)F)C[C@]14C[C@@H]4C2C3. The first kappa shape index (κ1) is 20.2. The van der Waals surface area contributed by atoms with Crippen molar-refractivity contribution in [3.8, 4) is 11.3 Å². The summed E-state index contributed by atoms with van der Waals surface area (Å²) in [4.78, 5) is 28.5. The Morgan fingerprint density at radius 2 is 1.82 bits per heavy atom. The minimum absolute atomic E-state index is 0.0499. The second-order valence-electron chi connectivity index (χ2n) is 10.2. The van der Waals surface area contributed by atoms with E-state index >= 15 is 0 Å². The van der Waals surface area contributed by atoms with Crippen LogP contribution in [-0.4, -0.2) is 56.0 Å². The highest BCUT2D eigenvalue weighted by Crippen LogP contribution is 2.80. The van der Waals surface area contributed by atoms with E-state index in [-0.39, 0.29) is 29.7 Å². The number of hydrogen-bond acceptors (Lipinski definition) is 5. The van der Waals surface area contributed by atoms with E-state index in [0.717, 1.165) is 47.7 Å². The average Bonchev–Trinajstić information content (AvgIpc) is 3.71. The van der Waals surface area contributed by atoms with E-state index < -0.39 is 6.43 Å². The van der Waals surface area contributed by atoms with Gasteiger partial charge in [-0.2, -0.15) is 0 Å². The molecule has 0 radical (unpaired) electrons. The van der Waals surface area contributed by atoms with Gasteiger partial charge in [-0.25, -0.2) is 18.6 Å². The highest BCUT2D eigenvalue weighted by molar-refractivity contribution is 5.94. The third-order valence-electron chi connectivity index (χ3n) is 8.36. The number of anilines is 1. The minimum Gasteiger partial charge on any atom is -0.312 e. The molecule has 3 unspecified atom stereocenters. The van der Waals surface area contributed by atoms with Gasteiger partial charge in [0.1, 0.15) is 5.82 Å². The molecule has 3 aromatic rings. The molecular formula is C25H24F2N6O. The molecule has 2 aromatic heterocycles. The van der Waals surface area contributed by atoms with E-state index in [1.54, 1.807) is 24.8 Å². The number of piperidine rings is 3. The van der Waals surface area contributed by atoms with Gasteiger partial charge in [0.25, 0.3) is 6.43 Å². The van der Waals surface area contributed by atoms with Gasteiger partial charge in [-0.1, -0.05) is 12.1 Å². The number of benzene rings is 1. The molecule has 2 spiro atoms. The van der Waals surface area contributed by atoms with Crippen LogP contribution >= 0.6 is 0 Å². The molecule has 5 atom stereocenters. The first-order valence-corrected chi connectivity index (χ1v) is 11.8. The Hall–Kier alpha value is -3.20. The summed E-state index contributed by atoms with van der Waals surface area (Å²) in [6.07, 6.45) is 7.89. The molecule has 34 heavy (non-hydrogen) atoms. The summed E-state index contributed by atoms with van der Waals surface area (Å²) in [6, 6.07) is 7.80. The Morgan fingerprint density at radius 3 is 2.53 bits per heavy atom. The fourth-order valence-corrected chi connectivity index (χ4v) is 7.00. The highest BCUT2D eigenvalue weighted by atomic mass is 19.3. The first-order chi connectivity index (χ1) is 16.5. The average molecular weight is 463 g/mol. The van der Waals surface area contributed by atoms with Crippen molar-refractivity contribution in [2.75, 3.05) is 11.9 Å². The van der Waals surface area contributed by atoms with Crippen molar-refractivity contribution in [1.29, 1.82) is 0 Å². The Balaban J connectivity index is 1.13. The predicted octanol–water partition coefficient (Wildman–Crippen LogP) is 4.07. The third-order valence-corrected chi connectivity index (χ3v) is 8.36. The van der Waals surface area contributed by atoms with Crippen LogP contribution < -0.4 is 10.6 Å². The van der Waals surface area contributed by atoms with Gasteiger partial charge in [0.2, 0.25) is 0 Å². The van der Waals surface area contributed by atoms with Crippen LogP contribution in [0.2, 0.25) is 0 Å². The van der Waals surface area contributed by atoms with Gasteiger partial charge in [-0.15, -0.1) is 0 Å². The standard InChI is InChI=1S/C25H24F2N6O/c26-21(27)13-30-17-7-24-9-18(24)19-10-25(19,8-17)33(24)23(34)32-22-6-16-5-14(1-2-15(16)11-31-22)20-12-28-3-4-29-20/h1-6,11-12,17-19,21,30H,7-10,13H2,(H,31,32,34)/t17?,18-,19?,24-,25?/m1/s1. The number of hydrogen-bond donors (Lipinski definition) is 2. The van der Waals surface area contributed by atoms with E-state index in [4.69, 9.17) is 0 Å². The van der Waals surface area contributed by atoms with E-state index in [0.29, 0.717) is 17.7 Å². The number of rotatable bonds is 5. The van der Waals surface area contributed by atoms with Gasteiger partial charge in [0.05, 0.1) is 29.5 Å². The zero-order valence-electron chi connectivity index (χ0n) is 18.4. The van der Waals surface area contributed by atoms with E-state index in [1.165, 1.54) is 0 Å². The van der Waals surface area contributed by atoms with Crippen LogP contribution in [0.3, 0.4) is 0 Å². The van der Waals surface area contributed by atoms with Gasteiger partial charge in [-0.05, 0) is 55.0 Å². The van der Waals surface area contributed by atoms with Gasteiger partial charge >= 0.3 is 6.03 Å². The zero-order chi connectivity index (χ0) is 23.1. The number of carbonyl (C=O) groups is 1. The van der Waals surface area contributed by atoms with Crippen LogP contribution in [0.15, 0.2) is 49.1 Å². The zero-order valence-corrected chi connectivity index (χ0v) is 18.4. The number of carbonyl (C=O) groups excluding carboxylic acids is 1. The minimum atomic E-state index is -2.35. The van der Waals surface area contributed by atoms with Crippen molar-refractivity contribution in [3.63, 3.8) is 0 Å². The summed E-state index contributed by atoms with van der Waals surface area (Å²) in [5, 5.41) is 8.01. The monoisotopic (exact) mass is 462 g/mol. The van der Waals surface area contributed by atoms with Crippen LogP contribution in [0.25, 0.3) is 22.0 Å². The Morgan fingerprint density at radius 1 is 1.03 bits per heavy atom. The maximum atomic E-state index is 13.5. The fraction of sp³-hybridized carbons (Fsp3) is 0.440. The number of fused-ring (bicyclic) bond motifs is 2. The number of halogens is 2. The number of aromatic nitrogens is 3. The lowest BCUT2D eigenvalue weighted by molar-refractivity contribution is 0.0757. The van der Waals surface area contributed by atoms with E-state index in [9.17, 15) is 13.6 Å². The summed E-state index contributed by atoms with van der Waals surface area (Å²) < 4.78 is 25.5. The number of nitrogens with one attached hydrogen (secondary N) is 2. The van der Waals surface area contributed by atoms with Crippen LogP contribution in [0.1, 0.15) is 25.7 Å². The molecule has 4 aliphatic rings. The summed E-state index contributed by atoms with van der Waals surface area (Å²) in [5.74, 6) is 1.53. The molecule has 2 aliphatic heterocycles. The molecule has 2 N–H and O–H groups in total. The molecule has 7 nitrogen and oxygen atoms in total. The van der Waals surface area contributed by atoms with Crippen molar-refractivity contribution >= 4 is 22.6 Å². The maximum absolute atomic E-state index is 13.5. The molecule has 9 heteroatoms. The number of nitrogens with zero attached hydrogens (tertiary/aromatic N) is 4. The number of urea groups is 1. The Bertz CT molecular complexity index is 1280. The highest BCUT2D eigenvalue weighted by Gasteiger charge is 2.85. The lowest BCUT2D eigenvalue weighted by Crippen LogP contribution is -2.59. The van der Waals surface area contributed by atoms with Gasteiger partial charge in [0, 0.05) is 35.6 Å². The van der Waals surface area contributed by atoms with Crippen LogP contribution in [0.4, 0.5) is 19.4 Å². The van der Waals surface area contributed by atoms with Gasteiger partial charge in [0.15, 0.2) is 0 Å². The fourth-order valence-electron chi connectivity index (χ4n) is 7.00. The lowest BCUT2D eigenvalue weighted by atomic mass is 9.89. The molecule has 2 amide bonds. The Labute approximate surface area is 195 Å². The predicted molar refractivity (Wildman–Crippen MR) is 122 cm³/mol. The quantitative estimate of drug-likeness (QED) is 0.597. The molecule has 2 saturated heterocycles. The molecule has 1 aromatic carbocycles. The molecular weight excluding hydrogens is 438 g/mol. The number of pyridine rings is 1. The smallest absolute Gasteiger partial charge is 0.312 e. The lowest BCUT2D eigenvalue weighted by Gasteiger charge is -2.45. The van der Waals surface area contributed by atoms with Crippen molar-refractivity contribution < 1.29 is 13.6 Å². The molecule has 7 rings (SSSR count). The topological polar surface area (TPSA) is 83.0 Å². The third kappa shape index (κ3) is 2.89. The first-order valence-electron chi connectivity index (χ1n) is 11.8. The summed E-state index contributed by atoms with van der Waals surface area (Å²) in [7, 11) is 0. The van der Waals surface area contributed by atoms with E-state index in [2.05, 4.69) is 30.5 Å². The molecule has 2 aliphatic carbocycles. The molecule has 2 saturated carbocycles. The van der Waals surface area contributed by atoms with Gasteiger partial charge < -0.3 is 10.2 Å². The summed E-state index contributed by atoms with van der Waals surface area (Å²) in [5.41, 5.74) is 1.37. The van der Waals surface area contributed by atoms with Crippen LogP contribution in [-0.2, 0) is 0 Å². The van der Waals surface area contributed by atoms with Crippen molar-refractivity contribution in [2.45, 2.75) is 49.2 Å². The molecule has 2 bridgehead atoms. The van der Waals surface area contributed by atoms with Gasteiger partial charge in [-0.3, -0.25) is 15.3 Å². The Kier molecular flexibility index (Phi) is 4.11. The van der Waals surface area contributed by atoms with E-state index in [1.807, 2.05) is 24.3 Å². The largest absolute Gasteiger partial charge is 0.323 e. The molecule has 4 fully saturated rings. The normalized spacial score (nSPS) is 32.4. The second kappa shape index (κ2) is 6.91. The number of amides is 2. The van der Waals surface area contributed by atoms with Crippen LogP contribution in [0.5, 0.6) is 0 Å². The van der Waals surface area contributed by atoms with Crippen molar-refractivity contribution in [3.05, 3.63) is 49.1 Å². The maximum Gasteiger partial charge on any atom is 0.323 e. The van der Waals surface area contributed by atoms with Crippen LogP contribution in [0, 0.1) is 11.8 Å².